The number of nitrogens with zero attached hydrogens (tertiary/aromatic N) is 1. The molecule has 0 aliphatic carbocycles. The lowest BCUT2D eigenvalue weighted by atomic mass is 9.96. The first kappa shape index (κ1) is 22.8. The van der Waals surface area contributed by atoms with Gasteiger partial charge in [0.15, 0.2) is 0 Å². The Kier molecular flexibility index (Phi) is 7.01. The molecule has 0 saturated heterocycles. The fraction of sp³-hybridized carbons (Fsp3) is 0.320. The smallest absolute Gasteiger partial charge is 0.240 e. The van der Waals surface area contributed by atoms with Crippen LogP contribution in [0.2, 0.25) is 0 Å². The third-order valence-electron chi connectivity index (χ3n) is 5.42. The molecule has 3 aromatic carbocycles. The van der Waals surface area contributed by atoms with Crippen molar-refractivity contribution >= 4 is 32.4 Å². The maximum absolute atomic E-state index is 12.6. The second kappa shape index (κ2) is 9.52. The van der Waals surface area contributed by atoms with Crippen molar-refractivity contribution in [3.05, 3.63) is 77.4 Å². The number of hydrogen-bond acceptors (Lipinski definition) is 3. The van der Waals surface area contributed by atoms with E-state index in [4.69, 9.17) is 0 Å². The van der Waals surface area contributed by atoms with Crippen LogP contribution in [-0.2, 0) is 21.2 Å². The van der Waals surface area contributed by atoms with Crippen LogP contribution in [0.5, 0.6) is 0 Å². The van der Waals surface area contributed by atoms with Crippen LogP contribution in [0, 0.1) is 19.8 Å². The number of hydrogen-bond donors (Lipinski definition) is 1. The van der Waals surface area contributed by atoms with E-state index in [1.165, 1.54) is 20.6 Å². The lowest BCUT2D eigenvalue weighted by Gasteiger charge is -2.24. The Hall–Kier alpha value is -2.86. The van der Waals surface area contributed by atoms with E-state index in [1.807, 2.05) is 38.1 Å². The average molecular weight is 439 g/mol. The SMILES string of the molecule is Cc1ccc(C)c(N(CC(=O)NCC(C)Cc2cccc3ccccc23)S(C)(=O)=O)c1. The summed E-state index contributed by atoms with van der Waals surface area (Å²) in [5.74, 6) is -0.0988. The first-order chi connectivity index (χ1) is 14.6. The van der Waals surface area contributed by atoms with Gasteiger partial charge < -0.3 is 5.32 Å². The van der Waals surface area contributed by atoms with Gasteiger partial charge in [0, 0.05) is 6.54 Å². The van der Waals surface area contributed by atoms with Gasteiger partial charge in [-0.25, -0.2) is 8.42 Å². The minimum atomic E-state index is -3.59. The van der Waals surface area contributed by atoms with Crippen molar-refractivity contribution in [1.82, 2.24) is 5.32 Å². The highest BCUT2D eigenvalue weighted by atomic mass is 32.2. The molecule has 3 aromatic rings. The number of amides is 1. The van der Waals surface area contributed by atoms with E-state index in [2.05, 4.69) is 42.6 Å². The van der Waals surface area contributed by atoms with Crippen LogP contribution in [0.3, 0.4) is 0 Å². The molecule has 0 heterocycles. The monoisotopic (exact) mass is 438 g/mol. The number of benzene rings is 3. The molecule has 1 N–H and O–H groups in total. The zero-order chi connectivity index (χ0) is 22.6. The number of carbonyl (C=O) groups is 1. The largest absolute Gasteiger partial charge is 0.354 e. The molecule has 0 bridgehead atoms. The zero-order valence-corrected chi connectivity index (χ0v) is 19.4. The van der Waals surface area contributed by atoms with Gasteiger partial charge in [-0.3, -0.25) is 9.10 Å². The minimum Gasteiger partial charge on any atom is -0.354 e. The fourth-order valence-electron chi connectivity index (χ4n) is 3.76. The minimum absolute atomic E-state index is 0.210. The van der Waals surface area contributed by atoms with Crippen molar-refractivity contribution in [3.63, 3.8) is 0 Å². The van der Waals surface area contributed by atoms with Crippen LogP contribution in [0.15, 0.2) is 60.7 Å². The summed E-state index contributed by atoms with van der Waals surface area (Å²) in [7, 11) is -3.59. The number of sulfonamides is 1. The van der Waals surface area contributed by atoms with E-state index in [1.54, 1.807) is 6.07 Å². The Labute approximate surface area is 185 Å². The molecule has 1 unspecified atom stereocenters. The summed E-state index contributed by atoms with van der Waals surface area (Å²) in [4.78, 5) is 12.6. The van der Waals surface area contributed by atoms with Gasteiger partial charge in [-0.15, -0.1) is 0 Å². The normalized spacial score (nSPS) is 12.5. The third-order valence-corrected chi connectivity index (χ3v) is 6.54. The van der Waals surface area contributed by atoms with Gasteiger partial charge in [0.1, 0.15) is 6.54 Å². The highest BCUT2D eigenvalue weighted by Crippen LogP contribution is 2.24. The molecule has 0 aliphatic rings. The number of nitrogens with one attached hydrogen (secondary N) is 1. The molecule has 31 heavy (non-hydrogen) atoms. The Morgan fingerprint density at radius 1 is 1.03 bits per heavy atom. The topological polar surface area (TPSA) is 66.5 Å². The van der Waals surface area contributed by atoms with E-state index in [-0.39, 0.29) is 18.4 Å². The Morgan fingerprint density at radius 3 is 2.48 bits per heavy atom. The lowest BCUT2D eigenvalue weighted by Crippen LogP contribution is -2.42. The summed E-state index contributed by atoms with van der Waals surface area (Å²) in [6.07, 6.45) is 1.96. The molecule has 5 nitrogen and oxygen atoms in total. The Morgan fingerprint density at radius 2 is 1.74 bits per heavy atom. The quantitative estimate of drug-likeness (QED) is 0.573. The van der Waals surface area contributed by atoms with Gasteiger partial charge in [-0.05, 0) is 59.7 Å². The van der Waals surface area contributed by atoms with Crippen LogP contribution in [0.4, 0.5) is 5.69 Å². The van der Waals surface area contributed by atoms with Crippen molar-refractivity contribution in [2.24, 2.45) is 5.92 Å². The predicted octanol–water partition coefficient (Wildman–Crippen LogP) is 4.22. The van der Waals surface area contributed by atoms with Crippen molar-refractivity contribution in [3.8, 4) is 0 Å². The Balaban J connectivity index is 1.65. The summed E-state index contributed by atoms with van der Waals surface area (Å²) < 4.78 is 25.9. The summed E-state index contributed by atoms with van der Waals surface area (Å²) in [6, 6.07) is 20.1. The predicted molar refractivity (Wildman–Crippen MR) is 128 cm³/mol. The van der Waals surface area contributed by atoms with Crippen molar-refractivity contribution < 1.29 is 13.2 Å². The summed E-state index contributed by atoms with van der Waals surface area (Å²) in [5.41, 5.74) is 3.54. The number of aryl methyl sites for hydroxylation is 2. The zero-order valence-electron chi connectivity index (χ0n) is 18.6. The van der Waals surface area contributed by atoms with E-state index >= 15 is 0 Å². The van der Waals surface area contributed by atoms with Gasteiger partial charge >= 0.3 is 0 Å². The lowest BCUT2D eigenvalue weighted by molar-refractivity contribution is -0.119. The van der Waals surface area contributed by atoms with Crippen LogP contribution in [0.1, 0.15) is 23.6 Å². The first-order valence-electron chi connectivity index (χ1n) is 10.4. The number of anilines is 1. The van der Waals surface area contributed by atoms with Crippen molar-refractivity contribution in [2.45, 2.75) is 27.2 Å². The molecule has 0 fully saturated rings. The fourth-order valence-corrected chi connectivity index (χ4v) is 4.67. The van der Waals surface area contributed by atoms with Crippen molar-refractivity contribution in [1.29, 1.82) is 0 Å². The third kappa shape index (κ3) is 5.85. The molecule has 0 aromatic heterocycles. The molecule has 6 heteroatoms. The molecule has 0 spiro atoms. The van der Waals surface area contributed by atoms with Crippen LogP contribution < -0.4 is 9.62 Å². The van der Waals surface area contributed by atoms with Crippen LogP contribution in [-0.4, -0.2) is 33.7 Å². The first-order valence-corrected chi connectivity index (χ1v) is 12.3. The number of fused-ring (bicyclic) bond motifs is 1. The highest BCUT2D eigenvalue weighted by Gasteiger charge is 2.22. The second-order valence-corrected chi connectivity index (χ2v) is 10.2. The molecular weight excluding hydrogens is 408 g/mol. The molecule has 0 radical (unpaired) electrons. The summed E-state index contributed by atoms with van der Waals surface area (Å²) in [6.45, 7) is 6.08. The van der Waals surface area contributed by atoms with Gasteiger partial charge in [0.05, 0.1) is 11.9 Å². The molecule has 164 valence electrons. The van der Waals surface area contributed by atoms with E-state index in [0.717, 1.165) is 23.8 Å². The van der Waals surface area contributed by atoms with Gasteiger partial charge in [-0.2, -0.15) is 0 Å². The van der Waals surface area contributed by atoms with Crippen LogP contribution >= 0.6 is 0 Å². The number of carbonyl (C=O) groups excluding carboxylic acids is 1. The van der Waals surface area contributed by atoms with E-state index < -0.39 is 10.0 Å². The molecule has 3 rings (SSSR count). The van der Waals surface area contributed by atoms with Gasteiger partial charge in [0.25, 0.3) is 0 Å². The summed E-state index contributed by atoms with van der Waals surface area (Å²) >= 11 is 0. The van der Waals surface area contributed by atoms with Crippen LogP contribution in [0.25, 0.3) is 10.8 Å². The molecule has 0 saturated carbocycles. The highest BCUT2D eigenvalue weighted by molar-refractivity contribution is 7.92. The summed E-state index contributed by atoms with van der Waals surface area (Å²) in [5, 5.41) is 5.34. The Bertz CT molecular complexity index is 1180. The molecule has 1 atom stereocenters. The average Bonchev–Trinajstić information content (AvgIpc) is 2.72. The molecule has 1 amide bonds. The van der Waals surface area contributed by atoms with Crippen molar-refractivity contribution in [2.75, 3.05) is 23.7 Å². The van der Waals surface area contributed by atoms with E-state index in [9.17, 15) is 13.2 Å². The maximum Gasteiger partial charge on any atom is 0.240 e. The van der Waals surface area contributed by atoms with Gasteiger partial charge in [0.2, 0.25) is 15.9 Å². The molecule has 0 aliphatic heterocycles. The standard InChI is InChI=1S/C25H30N2O3S/c1-18-12-13-20(3)24(15-18)27(31(4,29)30)17-25(28)26-16-19(2)14-22-10-7-9-21-8-5-6-11-23(21)22/h5-13,15,19H,14,16-17H2,1-4H3,(H,26,28). The van der Waals surface area contributed by atoms with E-state index in [0.29, 0.717) is 12.2 Å². The number of rotatable bonds is 8. The maximum atomic E-state index is 12.6. The molecular formula is C25H30N2O3S. The van der Waals surface area contributed by atoms with Gasteiger partial charge in [-0.1, -0.05) is 61.5 Å². The second-order valence-electron chi connectivity index (χ2n) is 8.31.